The number of hydrogen-bond donors (Lipinski definition) is 0. The van der Waals surface area contributed by atoms with Gasteiger partial charge in [0.05, 0.1) is 8.44 Å². The summed E-state index contributed by atoms with van der Waals surface area (Å²) >= 11 is 0. The highest BCUT2D eigenvalue weighted by molar-refractivity contribution is 6.12. The second-order valence-electron chi connectivity index (χ2n) is 10.7. The van der Waals surface area contributed by atoms with E-state index in [1.165, 1.54) is 11.1 Å². The molecule has 0 atom stereocenters. The minimum atomic E-state index is 0.00101. The summed E-state index contributed by atoms with van der Waals surface area (Å²) < 4.78 is 23.6. The van der Waals surface area contributed by atoms with Crippen LogP contribution < -0.4 is 0 Å². The van der Waals surface area contributed by atoms with E-state index < -0.39 is 0 Å². The Hall–Kier alpha value is -3.13. The second-order valence-corrected chi connectivity index (χ2v) is 10.7. The average Bonchev–Trinajstić information content (AvgIpc) is 3.17. The Labute approximate surface area is 192 Å². The highest BCUT2D eigenvalue weighted by Gasteiger charge is 2.37. The predicted octanol–water partition coefficient (Wildman–Crippen LogP) is 8.46. The van der Waals surface area contributed by atoms with Crippen LogP contribution in [0.4, 0.5) is 0 Å². The van der Waals surface area contributed by atoms with Crippen molar-refractivity contribution in [1.82, 2.24) is 4.98 Å². The maximum absolute atomic E-state index is 8.71. The molecule has 160 valence electrons. The number of furan rings is 1. The van der Waals surface area contributed by atoms with Gasteiger partial charge in [-0.25, -0.2) is 0 Å². The first-order chi connectivity index (χ1) is 16.1. The van der Waals surface area contributed by atoms with Crippen molar-refractivity contribution in [1.29, 1.82) is 0 Å². The van der Waals surface area contributed by atoms with Crippen LogP contribution in [0.5, 0.6) is 0 Å². The third-order valence-electron chi connectivity index (χ3n) is 7.48. The van der Waals surface area contributed by atoms with E-state index in [0.29, 0.717) is 0 Å². The molecule has 2 aromatic heterocycles. The molecule has 0 aliphatic heterocycles. The van der Waals surface area contributed by atoms with Crippen LogP contribution in [0.15, 0.2) is 65.2 Å². The number of benzene rings is 3. The van der Waals surface area contributed by atoms with Crippen LogP contribution in [0.1, 0.15) is 60.0 Å². The standard InChI is InChI=1S/C30H29NO/c1-18-14-22-20-8-6-7-9-26(20)32-28(22)23(15-18)27-21-17-25-24(16-19(21)10-13-31-27)29(2,3)11-12-30(25,4)5/h6-10,13-17H,11-12H2,1-5H3/i10D,13D. The summed E-state index contributed by atoms with van der Waals surface area (Å²) in [6.45, 7) is 11.3. The molecule has 0 N–H and O–H groups in total. The van der Waals surface area contributed by atoms with Gasteiger partial charge in [-0.1, -0.05) is 52.0 Å². The summed E-state index contributed by atoms with van der Waals surface area (Å²) in [5, 5.41) is 3.86. The Kier molecular flexibility index (Phi) is 3.51. The maximum Gasteiger partial charge on any atom is 0.144 e. The summed E-state index contributed by atoms with van der Waals surface area (Å²) in [6, 6.07) is 17.0. The highest BCUT2D eigenvalue weighted by atomic mass is 16.3. The third-order valence-corrected chi connectivity index (χ3v) is 7.48. The fraction of sp³-hybridized carbons (Fsp3) is 0.300. The molecule has 3 aromatic carbocycles. The Morgan fingerprint density at radius 2 is 1.59 bits per heavy atom. The van der Waals surface area contributed by atoms with Crippen LogP contribution in [0.3, 0.4) is 0 Å². The number of aryl methyl sites for hydroxylation is 1. The Morgan fingerprint density at radius 3 is 2.38 bits per heavy atom. The van der Waals surface area contributed by atoms with Gasteiger partial charge < -0.3 is 4.42 Å². The monoisotopic (exact) mass is 421 g/mol. The molecule has 2 nitrogen and oxygen atoms in total. The molecule has 0 unspecified atom stereocenters. The smallest absolute Gasteiger partial charge is 0.144 e. The van der Waals surface area contributed by atoms with E-state index in [-0.39, 0.29) is 23.0 Å². The average molecular weight is 422 g/mol. The lowest BCUT2D eigenvalue weighted by atomic mass is 9.63. The Morgan fingerprint density at radius 1 is 0.875 bits per heavy atom. The fourth-order valence-electron chi connectivity index (χ4n) is 5.47. The van der Waals surface area contributed by atoms with Crippen molar-refractivity contribution in [2.75, 3.05) is 0 Å². The largest absolute Gasteiger partial charge is 0.455 e. The normalized spacial score (nSPS) is 18.0. The highest BCUT2D eigenvalue weighted by Crippen LogP contribution is 2.48. The molecule has 2 heterocycles. The molecule has 0 spiro atoms. The summed E-state index contributed by atoms with van der Waals surface area (Å²) in [4.78, 5) is 4.68. The summed E-state index contributed by atoms with van der Waals surface area (Å²) in [7, 11) is 0. The molecule has 32 heavy (non-hydrogen) atoms. The van der Waals surface area contributed by atoms with Gasteiger partial charge in [-0.3, -0.25) is 4.98 Å². The van der Waals surface area contributed by atoms with E-state index in [9.17, 15) is 0 Å². The number of hydrogen-bond acceptors (Lipinski definition) is 2. The maximum atomic E-state index is 8.71. The molecule has 0 radical (unpaired) electrons. The van der Waals surface area contributed by atoms with E-state index in [1.54, 1.807) is 0 Å². The molecule has 0 amide bonds. The number of fused-ring (bicyclic) bond motifs is 5. The molecular formula is C30H29NO. The minimum Gasteiger partial charge on any atom is -0.455 e. The van der Waals surface area contributed by atoms with E-state index in [4.69, 9.17) is 7.16 Å². The van der Waals surface area contributed by atoms with Crippen LogP contribution in [-0.4, -0.2) is 4.98 Å². The SMILES string of the molecule is [2H]c1nc(-c2cc(C)cc3c2oc2ccccc23)c2cc3c(cc2c1[2H])C(C)(C)CCC3(C)C. The van der Waals surface area contributed by atoms with E-state index in [2.05, 4.69) is 69.9 Å². The van der Waals surface area contributed by atoms with Gasteiger partial charge >= 0.3 is 0 Å². The van der Waals surface area contributed by atoms with Crippen molar-refractivity contribution < 1.29 is 7.16 Å². The molecule has 0 bridgehead atoms. The fourth-order valence-corrected chi connectivity index (χ4v) is 5.47. The molecule has 0 saturated heterocycles. The van der Waals surface area contributed by atoms with Gasteiger partial charge in [-0.2, -0.15) is 0 Å². The zero-order valence-corrected chi connectivity index (χ0v) is 19.4. The molecule has 1 aliphatic carbocycles. The van der Waals surface area contributed by atoms with E-state index in [0.717, 1.165) is 62.4 Å². The van der Waals surface area contributed by atoms with Crippen molar-refractivity contribution in [3.8, 4) is 11.3 Å². The van der Waals surface area contributed by atoms with Gasteiger partial charge in [0, 0.05) is 27.9 Å². The van der Waals surface area contributed by atoms with E-state index >= 15 is 0 Å². The number of aromatic nitrogens is 1. The van der Waals surface area contributed by atoms with Crippen molar-refractivity contribution >= 4 is 32.7 Å². The zero-order chi connectivity index (χ0) is 24.0. The third kappa shape index (κ3) is 2.75. The second kappa shape index (κ2) is 6.45. The lowest BCUT2D eigenvalue weighted by Gasteiger charge is -2.42. The van der Waals surface area contributed by atoms with Gasteiger partial charge in [-0.05, 0) is 83.0 Å². The predicted molar refractivity (Wildman–Crippen MR) is 134 cm³/mol. The van der Waals surface area contributed by atoms with Crippen LogP contribution in [-0.2, 0) is 10.8 Å². The first-order valence-electron chi connectivity index (χ1n) is 12.4. The van der Waals surface area contributed by atoms with Crippen LogP contribution in [0.25, 0.3) is 44.0 Å². The zero-order valence-electron chi connectivity index (χ0n) is 21.4. The van der Waals surface area contributed by atoms with Gasteiger partial charge in [-0.15, -0.1) is 0 Å². The molecule has 0 saturated carbocycles. The van der Waals surface area contributed by atoms with Crippen molar-refractivity contribution in [3.63, 3.8) is 0 Å². The Balaban J connectivity index is 1.76. The lowest BCUT2D eigenvalue weighted by molar-refractivity contribution is 0.332. The van der Waals surface area contributed by atoms with Crippen LogP contribution in [0, 0.1) is 6.92 Å². The quantitative estimate of drug-likeness (QED) is 0.271. The lowest BCUT2D eigenvalue weighted by Crippen LogP contribution is -2.33. The minimum absolute atomic E-state index is 0.00101. The summed E-state index contributed by atoms with van der Waals surface area (Å²) in [5.74, 6) is 0. The van der Waals surface area contributed by atoms with Crippen molar-refractivity contribution in [2.24, 2.45) is 0 Å². The molecule has 1 aliphatic rings. The molecule has 0 fully saturated rings. The summed E-state index contributed by atoms with van der Waals surface area (Å²) in [6.07, 6.45) is 2.22. The topological polar surface area (TPSA) is 26.0 Å². The van der Waals surface area contributed by atoms with Crippen LogP contribution in [0.2, 0.25) is 0 Å². The first kappa shape index (κ1) is 17.4. The van der Waals surface area contributed by atoms with Gasteiger partial charge in [0.1, 0.15) is 11.2 Å². The number of pyridine rings is 1. The molecule has 2 heteroatoms. The van der Waals surface area contributed by atoms with Crippen LogP contribution >= 0.6 is 0 Å². The van der Waals surface area contributed by atoms with Crippen molar-refractivity contribution in [2.45, 2.75) is 58.3 Å². The van der Waals surface area contributed by atoms with Gasteiger partial charge in [0.2, 0.25) is 0 Å². The number of nitrogens with zero attached hydrogens (tertiary/aromatic N) is 1. The first-order valence-corrected chi connectivity index (χ1v) is 11.4. The Bertz CT molecular complexity index is 1640. The molecule has 5 aromatic rings. The summed E-state index contributed by atoms with van der Waals surface area (Å²) in [5.41, 5.74) is 7.05. The molecule has 6 rings (SSSR count). The van der Waals surface area contributed by atoms with Gasteiger partial charge in [0.15, 0.2) is 0 Å². The number of para-hydroxylation sites is 1. The van der Waals surface area contributed by atoms with Crippen molar-refractivity contribution in [3.05, 3.63) is 77.4 Å². The van der Waals surface area contributed by atoms with Gasteiger partial charge in [0.25, 0.3) is 0 Å². The number of rotatable bonds is 1. The van der Waals surface area contributed by atoms with E-state index in [1.807, 2.05) is 18.2 Å². The molecular weight excluding hydrogens is 390 g/mol.